The maximum atomic E-state index is 5.96. The number of rotatable bonds is 3. The molecule has 0 spiro atoms. The van der Waals surface area contributed by atoms with Crippen LogP contribution in [-0.4, -0.2) is 36.0 Å². The van der Waals surface area contributed by atoms with E-state index in [0.717, 1.165) is 11.0 Å². The number of halogens is 1. The monoisotopic (exact) mass is 314 g/mol. The number of benzene rings is 1. The van der Waals surface area contributed by atoms with E-state index in [1.54, 1.807) is 0 Å². The predicted molar refractivity (Wildman–Crippen MR) is 79.5 cm³/mol. The largest absolute Gasteiger partial charge is 0.329 e. The Bertz CT molecular complexity index is 334. The SMILES string of the molecule is NCC(c1ccc(Br)cc1)N1CCCSCC1. The van der Waals surface area contributed by atoms with E-state index < -0.39 is 0 Å². The van der Waals surface area contributed by atoms with Gasteiger partial charge in [0.15, 0.2) is 0 Å². The van der Waals surface area contributed by atoms with Crippen molar-refractivity contribution in [1.82, 2.24) is 4.90 Å². The minimum absolute atomic E-state index is 0.377. The standard InChI is InChI=1S/C13H19BrN2S/c14-12-4-2-11(3-5-12)13(10-15)16-6-1-8-17-9-7-16/h2-5,13H,1,6-10,15H2. The van der Waals surface area contributed by atoms with E-state index in [-0.39, 0.29) is 0 Å². The van der Waals surface area contributed by atoms with Crippen LogP contribution in [0.5, 0.6) is 0 Å². The molecule has 2 rings (SSSR count). The van der Waals surface area contributed by atoms with Gasteiger partial charge in [-0.15, -0.1) is 0 Å². The average Bonchev–Trinajstić information content (AvgIpc) is 2.62. The summed E-state index contributed by atoms with van der Waals surface area (Å²) in [5.41, 5.74) is 7.30. The van der Waals surface area contributed by atoms with E-state index >= 15 is 0 Å². The Labute approximate surface area is 116 Å². The number of hydrogen-bond donors (Lipinski definition) is 1. The van der Waals surface area contributed by atoms with Crippen molar-refractivity contribution in [2.24, 2.45) is 5.73 Å². The lowest BCUT2D eigenvalue weighted by molar-refractivity contribution is 0.218. The van der Waals surface area contributed by atoms with E-state index in [4.69, 9.17) is 5.73 Å². The molecule has 1 unspecified atom stereocenters. The summed E-state index contributed by atoms with van der Waals surface area (Å²) >= 11 is 5.53. The zero-order valence-corrected chi connectivity index (χ0v) is 12.3. The molecule has 0 amide bonds. The number of nitrogens with zero attached hydrogens (tertiary/aromatic N) is 1. The summed E-state index contributed by atoms with van der Waals surface area (Å²) in [5, 5.41) is 0. The van der Waals surface area contributed by atoms with Gasteiger partial charge in [0.1, 0.15) is 0 Å². The number of hydrogen-bond acceptors (Lipinski definition) is 3. The lowest BCUT2D eigenvalue weighted by atomic mass is 10.1. The van der Waals surface area contributed by atoms with Crippen LogP contribution in [0.15, 0.2) is 28.7 Å². The Morgan fingerprint density at radius 2 is 2.00 bits per heavy atom. The molecule has 1 atom stereocenters. The highest BCUT2D eigenvalue weighted by Gasteiger charge is 2.19. The Balaban J connectivity index is 2.11. The molecule has 2 N–H and O–H groups in total. The van der Waals surface area contributed by atoms with Crippen molar-refractivity contribution in [1.29, 1.82) is 0 Å². The Hall–Kier alpha value is -0.0300. The number of nitrogens with two attached hydrogens (primary N) is 1. The minimum Gasteiger partial charge on any atom is -0.329 e. The third kappa shape index (κ3) is 3.71. The molecule has 0 aromatic heterocycles. The lowest BCUT2D eigenvalue weighted by Crippen LogP contribution is -2.35. The van der Waals surface area contributed by atoms with Gasteiger partial charge in [-0.05, 0) is 36.4 Å². The van der Waals surface area contributed by atoms with E-state index in [1.807, 2.05) is 0 Å². The van der Waals surface area contributed by atoms with E-state index in [9.17, 15) is 0 Å². The van der Waals surface area contributed by atoms with Gasteiger partial charge in [-0.2, -0.15) is 11.8 Å². The molecule has 2 nitrogen and oxygen atoms in total. The molecule has 1 aromatic rings. The third-order valence-electron chi connectivity index (χ3n) is 3.18. The first kappa shape index (κ1) is 13.4. The third-order valence-corrected chi connectivity index (χ3v) is 4.75. The van der Waals surface area contributed by atoms with Crippen molar-refractivity contribution in [3.63, 3.8) is 0 Å². The second-order valence-corrected chi connectivity index (χ2v) is 6.45. The fraction of sp³-hybridized carbons (Fsp3) is 0.538. The highest BCUT2D eigenvalue weighted by molar-refractivity contribution is 9.10. The predicted octanol–water partition coefficient (Wildman–Crippen LogP) is 2.89. The first-order valence-electron chi connectivity index (χ1n) is 6.08. The summed E-state index contributed by atoms with van der Waals surface area (Å²) in [6, 6.07) is 8.94. The average molecular weight is 315 g/mol. The molecule has 4 heteroatoms. The van der Waals surface area contributed by atoms with Gasteiger partial charge in [-0.1, -0.05) is 28.1 Å². The summed E-state index contributed by atoms with van der Waals surface area (Å²) in [6.45, 7) is 3.03. The normalized spacial score (nSPS) is 19.9. The molecule has 94 valence electrons. The topological polar surface area (TPSA) is 29.3 Å². The van der Waals surface area contributed by atoms with Crippen LogP contribution in [0.3, 0.4) is 0 Å². The van der Waals surface area contributed by atoms with E-state index in [2.05, 4.69) is 56.9 Å². The molecule has 0 saturated carbocycles. The maximum Gasteiger partial charge on any atom is 0.0470 e. The molecular weight excluding hydrogens is 296 g/mol. The van der Waals surface area contributed by atoms with Gasteiger partial charge in [0.2, 0.25) is 0 Å². The molecule has 1 fully saturated rings. The molecule has 0 radical (unpaired) electrons. The molecule has 17 heavy (non-hydrogen) atoms. The molecule has 1 saturated heterocycles. The smallest absolute Gasteiger partial charge is 0.0470 e. The highest BCUT2D eigenvalue weighted by atomic mass is 79.9. The van der Waals surface area contributed by atoms with Gasteiger partial charge in [0.25, 0.3) is 0 Å². The van der Waals surface area contributed by atoms with Crippen LogP contribution >= 0.6 is 27.7 Å². The minimum atomic E-state index is 0.377. The van der Waals surface area contributed by atoms with Gasteiger partial charge in [0.05, 0.1) is 0 Å². The van der Waals surface area contributed by atoms with Crippen LogP contribution in [0.25, 0.3) is 0 Å². The number of thioether (sulfide) groups is 1. The second-order valence-electron chi connectivity index (χ2n) is 4.30. The summed E-state index contributed by atoms with van der Waals surface area (Å²) in [4.78, 5) is 2.53. The van der Waals surface area contributed by atoms with Crippen LogP contribution < -0.4 is 5.73 Å². The van der Waals surface area contributed by atoms with Gasteiger partial charge in [0, 0.05) is 29.4 Å². The van der Waals surface area contributed by atoms with Crippen LogP contribution in [-0.2, 0) is 0 Å². The second kappa shape index (κ2) is 6.78. The maximum absolute atomic E-state index is 5.96. The first-order chi connectivity index (χ1) is 8.31. The summed E-state index contributed by atoms with van der Waals surface area (Å²) < 4.78 is 1.13. The van der Waals surface area contributed by atoms with E-state index in [1.165, 1.54) is 30.0 Å². The molecule has 1 aliphatic heterocycles. The molecular formula is C13H19BrN2S. The quantitative estimate of drug-likeness (QED) is 0.930. The van der Waals surface area contributed by atoms with Crippen LogP contribution in [0, 0.1) is 0 Å². The van der Waals surface area contributed by atoms with Crippen LogP contribution in [0.2, 0.25) is 0 Å². The Morgan fingerprint density at radius 3 is 2.71 bits per heavy atom. The van der Waals surface area contributed by atoms with Crippen LogP contribution in [0.1, 0.15) is 18.0 Å². The lowest BCUT2D eigenvalue weighted by Gasteiger charge is -2.29. The van der Waals surface area contributed by atoms with Crippen molar-refractivity contribution < 1.29 is 0 Å². The van der Waals surface area contributed by atoms with Gasteiger partial charge in [-0.3, -0.25) is 4.90 Å². The molecule has 1 heterocycles. The van der Waals surface area contributed by atoms with Gasteiger partial charge < -0.3 is 5.73 Å². The Kier molecular flexibility index (Phi) is 5.35. The van der Waals surface area contributed by atoms with Gasteiger partial charge >= 0.3 is 0 Å². The summed E-state index contributed by atoms with van der Waals surface area (Å²) in [7, 11) is 0. The summed E-state index contributed by atoms with van der Waals surface area (Å²) in [6.07, 6.45) is 1.28. The van der Waals surface area contributed by atoms with Crippen molar-refractivity contribution in [2.45, 2.75) is 12.5 Å². The fourth-order valence-corrected chi connectivity index (χ4v) is 3.42. The summed E-state index contributed by atoms with van der Waals surface area (Å²) in [5.74, 6) is 2.52. The first-order valence-corrected chi connectivity index (χ1v) is 8.03. The highest BCUT2D eigenvalue weighted by Crippen LogP contribution is 2.24. The molecule has 1 aromatic carbocycles. The zero-order chi connectivity index (χ0) is 12.1. The van der Waals surface area contributed by atoms with Gasteiger partial charge in [-0.25, -0.2) is 0 Å². The van der Waals surface area contributed by atoms with Crippen LogP contribution in [0.4, 0.5) is 0 Å². The Morgan fingerprint density at radius 1 is 1.24 bits per heavy atom. The van der Waals surface area contributed by atoms with Crippen molar-refractivity contribution in [3.05, 3.63) is 34.3 Å². The fourth-order valence-electron chi connectivity index (χ4n) is 2.26. The van der Waals surface area contributed by atoms with Crippen molar-refractivity contribution in [2.75, 3.05) is 31.1 Å². The zero-order valence-electron chi connectivity index (χ0n) is 9.94. The van der Waals surface area contributed by atoms with Crippen molar-refractivity contribution >= 4 is 27.7 Å². The van der Waals surface area contributed by atoms with Crippen molar-refractivity contribution in [3.8, 4) is 0 Å². The molecule has 0 bridgehead atoms. The molecule has 1 aliphatic rings. The van der Waals surface area contributed by atoms with E-state index in [0.29, 0.717) is 12.6 Å². The molecule has 0 aliphatic carbocycles.